The fraction of sp³-hybridized carbons (Fsp3) is 0.571. The van der Waals surface area contributed by atoms with Crippen LogP contribution in [0.5, 0.6) is 0 Å². The first-order valence-electron chi connectivity index (χ1n) is 6.48. The zero-order valence-electron chi connectivity index (χ0n) is 10.6. The summed E-state index contributed by atoms with van der Waals surface area (Å²) in [4.78, 5) is 0. The smallest absolute Gasteiger partial charge is 0.130 e. The molecule has 100 valence electrons. The monoisotopic (exact) mass is 271 g/mol. The van der Waals surface area contributed by atoms with Gasteiger partial charge in [-0.25, -0.2) is 8.78 Å². The average molecular weight is 271 g/mol. The molecule has 18 heavy (non-hydrogen) atoms. The van der Waals surface area contributed by atoms with Crippen LogP contribution in [-0.4, -0.2) is 17.0 Å². The Kier molecular flexibility index (Phi) is 5.01. The summed E-state index contributed by atoms with van der Waals surface area (Å²) >= 11 is 2.01. The predicted octanol–water partition coefficient (Wildman–Crippen LogP) is 3.73. The molecule has 1 N–H and O–H groups in total. The van der Waals surface area contributed by atoms with Gasteiger partial charge in [-0.15, -0.1) is 0 Å². The van der Waals surface area contributed by atoms with Crippen molar-refractivity contribution in [1.82, 2.24) is 5.32 Å². The average Bonchev–Trinajstić information content (AvgIpc) is 2.76. The first kappa shape index (κ1) is 13.8. The molecule has 2 atom stereocenters. The molecule has 4 heteroatoms. The lowest BCUT2D eigenvalue weighted by Gasteiger charge is -2.13. The van der Waals surface area contributed by atoms with Crippen LogP contribution < -0.4 is 5.32 Å². The van der Waals surface area contributed by atoms with Crippen LogP contribution in [0.15, 0.2) is 18.2 Å². The van der Waals surface area contributed by atoms with E-state index >= 15 is 0 Å². The quantitative estimate of drug-likeness (QED) is 0.875. The van der Waals surface area contributed by atoms with E-state index in [-0.39, 0.29) is 0 Å². The van der Waals surface area contributed by atoms with Gasteiger partial charge in [0.05, 0.1) is 0 Å². The Balaban J connectivity index is 1.81. The molecule has 1 aromatic carbocycles. The van der Waals surface area contributed by atoms with Crippen LogP contribution in [0.2, 0.25) is 0 Å². The van der Waals surface area contributed by atoms with Crippen LogP contribution in [0.3, 0.4) is 0 Å². The SMILES string of the molecule is CCSC1CCC(NCc2ccc(F)cc2F)C1. The van der Waals surface area contributed by atoms with Crippen molar-refractivity contribution in [2.24, 2.45) is 0 Å². The van der Waals surface area contributed by atoms with Crippen LogP contribution in [0, 0.1) is 11.6 Å². The third-order valence-electron chi connectivity index (χ3n) is 3.38. The Morgan fingerprint density at radius 1 is 1.33 bits per heavy atom. The molecule has 0 aromatic heterocycles. The van der Waals surface area contributed by atoms with E-state index in [4.69, 9.17) is 0 Å². The number of halogens is 2. The van der Waals surface area contributed by atoms with E-state index in [9.17, 15) is 8.78 Å². The van der Waals surface area contributed by atoms with Gasteiger partial charge in [0.15, 0.2) is 0 Å². The fourth-order valence-electron chi connectivity index (χ4n) is 2.43. The second kappa shape index (κ2) is 6.53. The second-order valence-corrected chi connectivity index (χ2v) is 6.28. The number of nitrogens with one attached hydrogen (secondary N) is 1. The molecule has 2 unspecified atom stereocenters. The van der Waals surface area contributed by atoms with Crippen LogP contribution >= 0.6 is 11.8 Å². The molecule has 1 nitrogen and oxygen atoms in total. The van der Waals surface area contributed by atoms with Crippen LogP contribution in [0.4, 0.5) is 8.78 Å². The van der Waals surface area contributed by atoms with E-state index in [2.05, 4.69) is 12.2 Å². The maximum Gasteiger partial charge on any atom is 0.130 e. The third kappa shape index (κ3) is 3.69. The number of thioether (sulfide) groups is 1. The normalized spacial score (nSPS) is 23.5. The van der Waals surface area contributed by atoms with E-state index in [0.29, 0.717) is 18.2 Å². The summed E-state index contributed by atoms with van der Waals surface area (Å²) < 4.78 is 26.2. The minimum absolute atomic E-state index is 0.458. The molecule has 0 bridgehead atoms. The highest BCUT2D eigenvalue weighted by molar-refractivity contribution is 7.99. The maximum absolute atomic E-state index is 13.4. The van der Waals surface area contributed by atoms with Gasteiger partial charge in [-0.1, -0.05) is 13.0 Å². The van der Waals surface area contributed by atoms with Crippen molar-refractivity contribution in [3.8, 4) is 0 Å². The Bertz CT molecular complexity index is 397. The minimum atomic E-state index is -0.517. The lowest BCUT2D eigenvalue weighted by molar-refractivity contribution is 0.505. The Hall–Kier alpha value is -0.610. The Morgan fingerprint density at radius 2 is 2.17 bits per heavy atom. The number of rotatable bonds is 5. The lowest BCUT2D eigenvalue weighted by atomic mass is 10.2. The van der Waals surface area contributed by atoms with Gasteiger partial charge in [0.1, 0.15) is 11.6 Å². The van der Waals surface area contributed by atoms with Gasteiger partial charge in [-0.3, -0.25) is 0 Å². The summed E-state index contributed by atoms with van der Waals surface area (Å²) in [7, 11) is 0. The van der Waals surface area contributed by atoms with Crippen LogP contribution in [0.1, 0.15) is 31.7 Å². The van der Waals surface area contributed by atoms with Crippen molar-refractivity contribution in [2.45, 2.75) is 44.0 Å². The number of hydrogen-bond acceptors (Lipinski definition) is 2. The summed E-state index contributed by atoms with van der Waals surface area (Å²) in [6, 6.07) is 4.25. The zero-order valence-corrected chi connectivity index (χ0v) is 11.4. The molecule has 0 heterocycles. The highest BCUT2D eigenvalue weighted by atomic mass is 32.2. The molecule has 0 saturated heterocycles. The second-order valence-electron chi connectivity index (χ2n) is 4.70. The summed E-state index contributed by atoms with van der Waals surface area (Å²) in [5, 5.41) is 4.11. The van der Waals surface area contributed by atoms with E-state index in [1.54, 1.807) is 0 Å². The van der Waals surface area contributed by atoms with Crippen molar-refractivity contribution in [1.29, 1.82) is 0 Å². The molecule has 0 amide bonds. The van der Waals surface area contributed by atoms with Gasteiger partial charge < -0.3 is 5.32 Å². The summed E-state index contributed by atoms with van der Waals surface area (Å²) in [5.41, 5.74) is 0.544. The molecule has 1 saturated carbocycles. The van der Waals surface area contributed by atoms with Gasteiger partial charge in [-0.2, -0.15) is 11.8 Å². The highest BCUT2D eigenvalue weighted by Gasteiger charge is 2.24. The molecule has 0 spiro atoms. The van der Waals surface area contributed by atoms with Gasteiger partial charge in [-0.05, 0) is 31.1 Å². The molecular weight excluding hydrogens is 252 g/mol. The molecular formula is C14H19F2NS. The third-order valence-corrected chi connectivity index (χ3v) is 4.62. The molecule has 1 aromatic rings. The van der Waals surface area contributed by atoms with Crippen molar-refractivity contribution in [2.75, 3.05) is 5.75 Å². The van der Waals surface area contributed by atoms with E-state index < -0.39 is 11.6 Å². The molecule has 0 aliphatic heterocycles. The van der Waals surface area contributed by atoms with Crippen molar-refractivity contribution >= 4 is 11.8 Å². The minimum Gasteiger partial charge on any atom is -0.310 e. The molecule has 0 radical (unpaired) electrons. The Morgan fingerprint density at radius 3 is 2.89 bits per heavy atom. The number of hydrogen-bond donors (Lipinski definition) is 1. The van der Waals surface area contributed by atoms with Crippen LogP contribution in [0.25, 0.3) is 0 Å². The van der Waals surface area contributed by atoms with Crippen molar-refractivity contribution in [3.63, 3.8) is 0 Å². The lowest BCUT2D eigenvalue weighted by Crippen LogP contribution is -2.26. The standard InChI is InChI=1S/C14H19F2NS/c1-2-18-13-6-5-12(8-13)17-9-10-3-4-11(15)7-14(10)16/h3-4,7,12-13,17H,2,5-6,8-9H2,1H3. The van der Waals surface area contributed by atoms with Gasteiger partial charge in [0.25, 0.3) is 0 Å². The van der Waals surface area contributed by atoms with Gasteiger partial charge in [0.2, 0.25) is 0 Å². The summed E-state index contributed by atoms with van der Waals surface area (Å²) in [6.07, 6.45) is 3.55. The topological polar surface area (TPSA) is 12.0 Å². The van der Waals surface area contributed by atoms with E-state index in [0.717, 1.165) is 29.9 Å². The molecule has 2 rings (SSSR count). The Labute approximate surface area is 111 Å². The maximum atomic E-state index is 13.4. The molecule has 1 aliphatic rings. The fourth-order valence-corrected chi connectivity index (χ4v) is 3.57. The highest BCUT2D eigenvalue weighted by Crippen LogP contribution is 2.29. The van der Waals surface area contributed by atoms with Gasteiger partial charge in [0, 0.05) is 29.5 Å². The number of benzene rings is 1. The summed E-state index contributed by atoms with van der Waals surface area (Å²) in [5.74, 6) is 0.181. The first-order valence-corrected chi connectivity index (χ1v) is 7.53. The predicted molar refractivity (Wildman–Crippen MR) is 72.8 cm³/mol. The van der Waals surface area contributed by atoms with Crippen molar-refractivity contribution in [3.05, 3.63) is 35.4 Å². The van der Waals surface area contributed by atoms with E-state index in [1.165, 1.54) is 18.6 Å². The largest absolute Gasteiger partial charge is 0.310 e. The zero-order chi connectivity index (χ0) is 13.0. The molecule has 1 aliphatic carbocycles. The van der Waals surface area contributed by atoms with Crippen molar-refractivity contribution < 1.29 is 8.78 Å². The summed E-state index contributed by atoms with van der Waals surface area (Å²) in [6.45, 7) is 2.67. The van der Waals surface area contributed by atoms with Crippen LogP contribution in [-0.2, 0) is 6.54 Å². The van der Waals surface area contributed by atoms with E-state index in [1.807, 2.05) is 11.8 Å². The molecule has 1 fully saturated rings. The van der Waals surface area contributed by atoms with Gasteiger partial charge >= 0.3 is 0 Å². The first-order chi connectivity index (χ1) is 8.69.